The van der Waals surface area contributed by atoms with Crippen LogP contribution in [0.4, 0.5) is 5.13 Å². The summed E-state index contributed by atoms with van der Waals surface area (Å²) in [6.07, 6.45) is 4.80. The van der Waals surface area contributed by atoms with E-state index in [-0.39, 0.29) is 5.91 Å². The van der Waals surface area contributed by atoms with Crippen LogP contribution in [0.25, 0.3) is 11.3 Å². The Morgan fingerprint density at radius 3 is 2.64 bits per heavy atom. The molecule has 0 radical (unpaired) electrons. The smallest absolute Gasteiger partial charge is 0.271 e. The molecular formula is C20H19N5O2S. The molecule has 1 N–H and O–H groups in total. The van der Waals surface area contributed by atoms with Crippen LogP contribution in [0.15, 0.2) is 60.0 Å². The molecule has 1 aliphatic rings. The standard InChI is InChI=1S/C20H19N5O2S/c26-19(16-6-8-21-9-7-16)24-22-14-17-18(15-4-2-1-3-5-15)23-20(28-17)25-10-12-27-13-11-25/h1-9,14H,10-13H2,(H,24,26)/b22-14-. The number of amides is 1. The van der Waals surface area contributed by atoms with Crippen molar-refractivity contribution in [3.63, 3.8) is 0 Å². The van der Waals surface area contributed by atoms with Crippen LogP contribution in [0, 0.1) is 0 Å². The van der Waals surface area contributed by atoms with Gasteiger partial charge in [-0.15, -0.1) is 0 Å². The van der Waals surface area contributed by atoms with Gasteiger partial charge in [0.1, 0.15) is 0 Å². The van der Waals surface area contributed by atoms with Crippen molar-refractivity contribution in [3.05, 3.63) is 65.3 Å². The molecule has 142 valence electrons. The Hall–Kier alpha value is -3.10. The minimum absolute atomic E-state index is 0.280. The largest absolute Gasteiger partial charge is 0.378 e. The van der Waals surface area contributed by atoms with Gasteiger partial charge in [-0.1, -0.05) is 41.7 Å². The van der Waals surface area contributed by atoms with Crippen LogP contribution in [0.5, 0.6) is 0 Å². The Morgan fingerprint density at radius 2 is 1.89 bits per heavy atom. The third kappa shape index (κ3) is 4.24. The quantitative estimate of drug-likeness (QED) is 0.533. The normalized spacial score (nSPS) is 14.4. The molecule has 28 heavy (non-hydrogen) atoms. The van der Waals surface area contributed by atoms with Crippen LogP contribution in [0.1, 0.15) is 15.2 Å². The van der Waals surface area contributed by atoms with E-state index in [4.69, 9.17) is 9.72 Å². The third-order valence-electron chi connectivity index (χ3n) is 4.26. The van der Waals surface area contributed by atoms with E-state index in [2.05, 4.69) is 20.4 Å². The maximum atomic E-state index is 12.2. The van der Waals surface area contributed by atoms with E-state index in [0.29, 0.717) is 18.8 Å². The molecule has 3 aromatic rings. The molecule has 7 nitrogen and oxygen atoms in total. The molecule has 1 saturated heterocycles. The molecule has 0 saturated carbocycles. The van der Waals surface area contributed by atoms with Gasteiger partial charge in [0.15, 0.2) is 5.13 Å². The van der Waals surface area contributed by atoms with Crippen molar-refractivity contribution in [3.8, 4) is 11.3 Å². The molecule has 8 heteroatoms. The van der Waals surface area contributed by atoms with E-state index in [1.165, 1.54) is 0 Å². The second kappa shape index (κ2) is 8.73. The fourth-order valence-corrected chi connectivity index (χ4v) is 3.83. The Morgan fingerprint density at radius 1 is 1.14 bits per heavy atom. The van der Waals surface area contributed by atoms with Crippen LogP contribution >= 0.6 is 11.3 Å². The predicted octanol–water partition coefficient (Wildman–Crippen LogP) is 2.81. The molecule has 1 amide bonds. The van der Waals surface area contributed by atoms with E-state index in [1.807, 2.05) is 30.3 Å². The van der Waals surface area contributed by atoms with Crippen molar-refractivity contribution in [1.82, 2.24) is 15.4 Å². The summed E-state index contributed by atoms with van der Waals surface area (Å²) < 4.78 is 5.43. The zero-order valence-corrected chi connectivity index (χ0v) is 15.9. The number of nitrogens with zero attached hydrogens (tertiary/aromatic N) is 4. The summed E-state index contributed by atoms with van der Waals surface area (Å²) in [5.74, 6) is -0.280. The Kier molecular flexibility index (Phi) is 5.69. The van der Waals surface area contributed by atoms with Crippen LogP contribution in [-0.2, 0) is 4.74 Å². The topological polar surface area (TPSA) is 79.7 Å². The van der Waals surface area contributed by atoms with E-state index < -0.39 is 0 Å². The van der Waals surface area contributed by atoms with Crippen molar-refractivity contribution in [1.29, 1.82) is 0 Å². The van der Waals surface area contributed by atoms with Crippen molar-refractivity contribution in [2.75, 3.05) is 31.2 Å². The van der Waals surface area contributed by atoms with Gasteiger partial charge in [0, 0.05) is 36.6 Å². The van der Waals surface area contributed by atoms with Crippen molar-refractivity contribution in [2.45, 2.75) is 0 Å². The van der Waals surface area contributed by atoms with Gasteiger partial charge < -0.3 is 9.64 Å². The second-order valence-corrected chi connectivity index (χ2v) is 7.12. The summed E-state index contributed by atoms with van der Waals surface area (Å²) in [4.78, 5) is 24.0. The van der Waals surface area contributed by atoms with E-state index in [9.17, 15) is 4.79 Å². The fraction of sp³-hybridized carbons (Fsp3) is 0.200. The van der Waals surface area contributed by atoms with Crippen molar-refractivity contribution in [2.24, 2.45) is 5.10 Å². The Bertz CT molecular complexity index is 953. The maximum Gasteiger partial charge on any atom is 0.271 e. The van der Waals surface area contributed by atoms with Gasteiger partial charge in [0.05, 0.1) is 30.0 Å². The fourth-order valence-electron chi connectivity index (χ4n) is 2.82. The van der Waals surface area contributed by atoms with E-state index in [1.54, 1.807) is 42.1 Å². The minimum atomic E-state index is -0.280. The summed E-state index contributed by atoms with van der Waals surface area (Å²) in [7, 11) is 0. The molecule has 2 aromatic heterocycles. The molecule has 0 aliphatic carbocycles. The number of pyridine rings is 1. The summed E-state index contributed by atoms with van der Waals surface area (Å²) in [5, 5.41) is 5.08. The highest BCUT2D eigenvalue weighted by Crippen LogP contribution is 2.32. The van der Waals surface area contributed by atoms with Crippen LogP contribution in [-0.4, -0.2) is 48.4 Å². The van der Waals surface area contributed by atoms with Crippen LogP contribution in [0.2, 0.25) is 0 Å². The van der Waals surface area contributed by atoms with Gasteiger partial charge in [0.25, 0.3) is 5.91 Å². The second-order valence-electron chi connectivity index (χ2n) is 6.11. The lowest BCUT2D eigenvalue weighted by Crippen LogP contribution is -2.36. The number of thiazole rings is 1. The molecule has 1 aromatic carbocycles. The molecule has 1 aliphatic heterocycles. The number of rotatable bonds is 5. The average Bonchev–Trinajstić information content (AvgIpc) is 3.20. The Balaban J connectivity index is 1.57. The monoisotopic (exact) mass is 393 g/mol. The predicted molar refractivity (Wildman–Crippen MR) is 110 cm³/mol. The number of hydrazone groups is 1. The van der Waals surface area contributed by atoms with E-state index >= 15 is 0 Å². The lowest BCUT2D eigenvalue weighted by atomic mass is 10.1. The van der Waals surface area contributed by atoms with Crippen molar-refractivity contribution >= 4 is 28.6 Å². The first-order chi connectivity index (χ1) is 13.8. The number of carbonyl (C=O) groups is 1. The van der Waals surface area contributed by atoms with E-state index in [0.717, 1.165) is 34.4 Å². The number of nitrogens with one attached hydrogen (secondary N) is 1. The molecule has 4 rings (SSSR count). The molecule has 3 heterocycles. The summed E-state index contributed by atoms with van der Waals surface area (Å²) in [6, 6.07) is 13.3. The van der Waals surface area contributed by atoms with Gasteiger partial charge in [-0.25, -0.2) is 10.4 Å². The summed E-state index contributed by atoms with van der Waals surface area (Å²) in [6.45, 7) is 3.03. The third-order valence-corrected chi connectivity index (χ3v) is 5.31. The van der Waals surface area contributed by atoms with Gasteiger partial charge in [-0.05, 0) is 12.1 Å². The highest BCUT2D eigenvalue weighted by Gasteiger charge is 2.18. The summed E-state index contributed by atoms with van der Waals surface area (Å²) >= 11 is 1.56. The number of hydrogen-bond acceptors (Lipinski definition) is 7. The maximum absolute atomic E-state index is 12.2. The first-order valence-corrected chi connectivity index (χ1v) is 9.75. The molecule has 0 unspecified atom stereocenters. The highest BCUT2D eigenvalue weighted by molar-refractivity contribution is 7.17. The molecular weight excluding hydrogens is 374 g/mol. The van der Waals surface area contributed by atoms with Crippen molar-refractivity contribution < 1.29 is 9.53 Å². The summed E-state index contributed by atoms with van der Waals surface area (Å²) in [5.41, 5.74) is 4.94. The molecule has 0 atom stereocenters. The number of ether oxygens (including phenoxy) is 1. The number of aromatic nitrogens is 2. The average molecular weight is 393 g/mol. The minimum Gasteiger partial charge on any atom is -0.378 e. The lowest BCUT2D eigenvalue weighted by Gasteiger charge is -2.26. The number of anilines is 1. The number of benzene rings is 1. The van der Waals surface area contributed by atoms with Gasteiger partial charge in [-0.3, -0.25) is 9.78 Å². The SMILES string of the molecule is O=C(N/N=C\c1sc(N2CCOCC2)nc1-c1ccccc1)c1ccncc1. The molecule has 1 fully saturated rings. The lowest BCUT2D eigenvalue weighted by molar-refractivity contribution is 0.0955. The zero-order valence-electron chi connectivity index (χ0n) is 15.1. The van der Waals surface area contributed by atoms with Gasteiger partial charge >= 0.3 is 0 Å². The van der Waals surface area contributed by atoms with Gasteiger partial charge in [-0.2, -0.15) is 5.10 Å². The zero-order chi connectivity index (χ0) is 19.2. The highest BCUT2D eigenvalue weighted by atomic mass is 32.1. The Labute approximate surface area is 166 Å². The van der Waals surface area contributed by atoms with Gasteiger partial charge in [0.2, 0.25) is 0 Å². The van der Waals surface area contributed by atoms with Crippen LogP contribution in [0.3, 0.4) is 0 Å². The van der Waals surface area contributed by atoms with Crippen LogP contribution < -0.4 is 10.3 Å². The molecule has 0 spiro atoms. The number of morpholine rings is 1. The number of carbonyl (C=O) groups excluding carboxylic acids is 1. The first kappa shape index (κ1) is 18.3. The number of hydrogen-bond donors (Lipinski definition) is 1. The molecule has 0 bridgehead atoms. The first-order valence-electron chi connectivity index (χ1n) is 8.93.